The minimum absolute atomic E-state index is 0.0407. The van der Waals surface area contributed by atoms with E-state index >= 15 is 0 Å². The summed E-state index contributed by atoms with van der Waals surface area (Å²) in [6.07, 6.45) is 5.10. The molecule has 2 aromatic carbocycles. The molecule has 4 heteroatoms. The number of hydrogen-bond acceptors (Lipinski definition) is 3. The van der Waals surface area contributed by atoms with E-state index in [1.165, 1.54) is 0 Å². The molecule has 4 nitrogen and oxygen atoms in total. The van der Waals surface area contributed by atoms with Crippen LogP contribution in [0.3, 0.4) is 0 Å². The minimum Gasteiger partial charge on any atom is -0.380 e. The molecule has 26 heavy (non-hydrogen) atoms. The summed E-state index contributed by atoms with van der Waals surface area (Å²) in [5.74, 6) is 0.0407. The van der Waals surface area contributed by atoms with E-state index in [2.05, 4.69) is 10.3 Å². The number of aromatic nitrogens is 1. The second-order valence-electron chi connectivity index (χ2n) is 6.68. The predicted molar refractivity (Wildman–Crippen MR) is 101 cm³/mol. The summed E-state index contributed by atoms with van der Waals surface area (Å²) in [6, 6.07) is 19.3. The molecule has 1 amide bonds. The molecule has 1 aromatic heterocycles. The van der Waals surface area contributed by atoms with E-state index in [0.717, 1.165) is 27.9 Å². The Morgan fingerprint density at radius 3 is 2.62 bits per heavy atom. The Morgan fingerprint density at radius 2 is 1.85 bits per heavy atom. The van der Waals surface area contributed by atoms with Crippen LogP contribution in [0.15, 0.2) is 73.1 Å². The normalized spacial score (nSPS) is 15.7. The molecule has 1 aliphatic heterocycles. The van der Waals surface area contributed by atoms with Crippen LogP contribution in [0.25, 0.3) is 0 Å². The van der Waals surface area contributed by atoms with Crippen molar-refractivity contribution in [3.05, 3.63) is 95.3 Å². The van der Waals surface area contributed by atoms with E-state index < -0.39 is 5.60 Å². The number of amides is 1. The van der Waals surface area contributed by atoms with Crippen LogP contribution in [0.4, 0.5) is 5.69 Å². The van der Waals surface area contributed by atoms with Gasteiger partial charge in [0.15, 0.2) is 0 Å². The van der Waals surface area contributed by atoms with E-state index in [1.54, 1.807) is 12.4 Å². The first-order valence-electron chi connectivity index (χ1n) is 8.75. The molecular weight excluding hydrogens is 324 g/mol. The van der Waals surface area contributed by atoms with Crippen LogP contribution in [0.1, 0.15) is 28.7 Å². The average molecular weight is 344 g/mol. The molecule has 0 fully saturated rings. The van der Waals surface area contributed by atoms with Crippen LogP contribution in [0.2, 0.25) is 0 Å². The highest BCUT2D eigenvalue weighted by atomic mass is 16.3. The molecule has 0 aliphatic carbocycles. The van der Waals surface area contributed by atoms with Crippen LogP contribution in [0.5, 0.6) is 0 Å². The summed E-state index contributed by atoms with van der Waals surface area (Å²) in [5.41, 5.74) is 3.35. The number of hydrogen-bond donors (Lipinski definition) is 2. The number of nitrogens with one attached hydrogen (secondary N) is 1. The number of carbonyl (C=O) groups excluding carboxylic acids is 1. The van der Waals surface area contributed by atoms with Gasteiger partial charge in [0.05, 0.1) is 0 Å². The summed E-state index contributed by atoms with van der Waals surface area (Å²) in [6.45, 7) is 0. The van der Waals surface area contributed by atoms with Gasteiger partial charge in [-0.15, -0.1) is 0 Å². The standard InChI is InChI=1S/C22H20N2O2/c25-21-11-8-17-13-19(9-10-20(17)24-21)22(26,18-6-2-1-3-7-18)14-16-5-4-12-23-15-16/h1-7,9-10,12-13,15,26H,8,11,14H2,(H,24,25). The molecule has 0 spiro atoms. The van der Waals surface area contributed by atoms with E-state index in [1.807, 2.05) is 60.7 Å². The van der Waals surface area contributed by atoms with Gasteiger partial charge in [0.2, 0.25) is 5.91 Å². The molecule has 0 radical (unpaired) electrons. The highest BCUT2D eigenvalue weighted by Crippen LogP contribution is 2.36. The maximum Gasteiger partial charge on any atom is 0.224 e. The zero-order valence-corrected chi connectivity index (χ0v) is 14.4. The fourth-order valence-corrected chi connectivity index (χ4v) is 3.52. The average Bonchev–Trinajstić information content (AvgIpc) is 2.69. The quantitative estimate of drug-likeness (QED) is 0.762. The first-order chi connectivity index (χ1) is 12.6. The molecule has 0 saturated carbocycles. The zero-order chi connectivity index (χ0) is 18.0. The van der Waals surface area contributed by atoms with Gasteiger partial charge >= 0.3 is 0 Å². The number of anilines is 1. The lowest BCUT2D eigenvalue weighted by molar-refractivity contribution is -0.116. The van der Waals surface area contributed by atoms with E-state index in [0.29, 0.717) is 19.3 Å². The minimum atomic E-state index is -1.17. The largest absolute Gasteiger partial charge is 0.380 e. The second-order valence-corrected chi connectivity index (χ2v) is 6.68. The third kappa shape index (κ3) is 3.11. The molecule has 3 aromatic rings. The van der Waals surface area contributed by atoms with Crippen molar-refractivity contribution in [3.8, 4) is 0 Å². The molecule has 1 unspecified atom stereocenters. The third-order valence-corrected chi connectivity index (χ3v) is 4.91. The lowest BCUT2D eigenvalue weighted by Crippen LogP contribution is -2.31. The fraction of sp³-hybridized carbons (Fsp3) is 0.182. The lowest BCUT2D eigenvalue weighted by Gasteiger charge is -2.31. The summed E-state index contributed by atoms with van der Waals surface area (Å²) in [5, 5.41) is 14.6. The maximum atomic E-state index is 11.7. The summed E-state index contributed by atoms with van der Waals surface area (Å²) in [4.78, 5) is 15.8. The van der Waals surface area contributed by atoms with Gasteiger partial charge in [-0.2, -0.15) is 0 Å². The molecule has 1 aliphatic rings. The van der Waals surface area contributed by atoms with Crippen molar-refractivity contribution in [1.82, 2.24) is 4.98 Å². The third-order valence-electron chi connectivity index (χ3n) is 4.91. The van der Waals surface area contributed by atoms with Gasteiger partial charge in [-0.1, -0.05) is 48.5 Å². The van der Waals surface area contributed by atoms with Crippen LogP contribution < -0.4 is 5.32 Å². The van der Waals surface area contributed by atoms with Gasteiger partial charge in [-0.25, -0.2) is 0 Å². The van der Waals surface area contributed by atoms with Crippen molar-refractivity contribution < 1.29 is 9.90 Å². The maximum absolute atomic E-state index is 11.7. The number of aryl methyl sites for hydroxylation is 1. The number of pyridine rings is 1. The van der Waals surface area contributed by atoms with Gasteiger partial charge in [0.1, 0.15) is 5.60 Å². The monoisotopic (exact) mass is 344 g/mol. The Morgan fingerprint density at radius 1 is 1.00 bits per heavy atom. The molecule has 1 atom stereocenters. The number of fused-ring (bicyclic) bond motifs is 1. The molecule has 0 bridgehead atoms. The summed E-state index contributed by atoms with van der Waals surface area (Å²) >= 11 is 0. The van der Waals surface area contributed by atoms with Gasteiger partial charge in [-0.3, -0.25) is 9.78 Å². The predicted octanol–water partition coefficient (Wildman–Crippen LogP) is 3.44. The molecule has 130 valence electrons. The lowest BCUT2D eigenvalue weighted by atomic mass is 9.80. The molecule has 4 rings (SSSR count). The van der Waals surface area contributed by atoms with Crippen molar-refractivity contribution in [1.29, 1.82) is 0 Å². The first-order valence-corrected chi connectivity index (χ1v) is 8.75. The van der Waals surface area contributed by atoms with E-state index in [4.69, 9.17) is 0 Å². The van der Waals surface area contributed by atoms with Crippen molar-refractivity contribution in [3.63, 3.8) is 0 Å². The van der Waals surface area contributed by atoms with Gasteiger partial charge < -0.3 is 10.4 Å². The van der Waals surface area contributed by atoms with Crippen LogP contribution in [0, 0.1) is 0 Å². The summed E-state index contributed by atoms with van der Waals surface area (Å²) in [7, 11) is 0. The molecule has 2 heterocycles. The topological polar surface area (TPSA) is 62.2 Å². The van der Waals surface area contributed by atoms with Crippen LogP contribution in [-0.4, -0.2) is 16.0 Å². The zero-order valence-electron chi connectivity index (χ0n) is 14.4. The van der Waals surface area contributed by atoms with E-state index in [-0.39, 0.29) is 5.91 Å². The fourth-order valence-electron chi connectivity index (χ4n) is 3.52. The van der Waals surface area contributed by atoms with Crippen molar-refractivity contribution in [2.75, 3.05) is 5.32 Å². The Bertz CT molecular complexity index is 925. The van der Waals surface area contributed by atoms with Crippen LogP contribution >= 0.6 is 0 Å². The Hall–Kier alpha value is -2.98. The van der Waals surface area contributed by atoms with Crippen molar-refractivity contribution in [2.45, 2.75) is 24.9 Å². The molecule has 2 N–H and O–H groups in total. The number of benzene rings is 2. The number of rotatable bonds is 4. The number of carbonyl (C=O) groups is 1. The van der Waals surface area contributed by atoms with Crippen LogP contribution in [-0.2, 0) is 23.2 Å². The molecular formula is C22H20N2O2. The summed E-state index contributed by atoms with van der Waals surface area (Å²) < 4.78 is 0. The smallest absolute Gasteiger partial charge is 0.224 e. The van der Waals surface area contributed by atoms with Crippen molar-refractivity contribution in [2.24, 2.45) is 0 Å². The Kier molecular flexibility index (Phi) is 4.27. The highest BCUT2D eigenvalue weighted by Gasteiger charge is 2.33. The van der Waals surface area contributed by atoms with Crippen molar-refractivity contribution >= 4 is 11.6 Å². The Balaban J connectivity index is 1.79. The van der Waals surface area contributed by atoms with Gasteiger partial charge in [0.25, 0.3) is 0 Å². The van der Waals surface area contributed by atoms with E-state index in [9.17, 15) is 9.90 Å². The number of aliphatic hydroxyl groups is 1. The van der Waals surface area contributed by atoms with Gasteiger partial charge in [-0.05, 0) is 40.8 Å². The first kappa shape index (κ1) is 16.5. The SMILES string of the molecule is O=C1CCc2cc(C(O)(Cc3cccnc3)c3ccccc3)ccc2N1. The van der Waals surface area contributed by atoms with Gasteiger partial charge in [0, 0.05) is 30.9 Å². The Labute approximate surface area is 152 Å². The highest BCUT2D eigenvalue weighted by molar-refractivity contribution is 5.93. The molecule has 0 saturated heterocycles. The second kappa shape index (κ2) is 6.73. The number of nitrogens with zero attached hydrogens (tertiary/aromatic N) is 1.